The van der Waals surface area contributed by atoms with Crippen LogP contribution < -0.4 is 0 Å². The molecule has 2 fully saturated rings. The minimum atomic E-state index is -1.24. The molecule has 0 aromatic rings. The second-order valence-electron chi connectivity index (χ2n) is 5.38. The molecular weight excluding hydrogens is 216 g/mol. The van der Waals surface area contributed by atoms with E-state index in [-0.39, 0.29) is 5.78 Å². The number of fused-ring (bicyclic) bond motifs is 1. The fourth-order valence-electron chi connectivity index (χ4n) is 3.22. The van der Waals surface area contributed by atoms with Crippen molar-refractivity contribution in [2.75, 3.05) is 6.61 Å². The lowest BCUT2D eigenvalue weighted by molar-refractivity contribution is -0.296. The Hall–Kier alpha value is -0.670. The SMILES string of the molecule is C=C(CC)CC12CCCOC1(O)CCCC2=O. The first-order valence-corrected chi connectivity index (χ1v) is 6.60. The highest BCUT2D eigenvalue weighted by Gasteiger charge is 2.59. The first-order chi connectivity index (χ1) is 8.04. The van der Waals surface area contributed by atoms with E-state index < -0.39 is 11.2 Å². The third-order valence-corrected chi connectivity index (χ3v) is 4.34. The number of ketones is 1. The molecule has 1 saturated heterocycles. The quantitative estimate of drug-likeness (QED) is 0.769. The number of hydrogen-bond donors (Lipinski definition) is 1. The maximum atomic E-state index is 12.3. The second kappa shape index (κ2) is 4.54. The summed E-state index contributed by atoms with van der Waals surface area (Å²) in [7, 11) is 0. The minimum absolute atomic E-state index is 0.167. The number of ether oxygens (including phenoxy) is 1. The Balaban J connectivity index is 2.33. The van der Waals surface area contributed by atoms with Gasteiger partial charge in [0.25, 0.3) is 0 Å². The molecule has 96 valence electrons. The van der Waals surface area contributed by atoms with Crippen molar-refractivity contribution in [3.8, 4) is 0 Å². The molecule has 0 aromatic heterocycles. The molecule has 0 bridgehead atoms. The highest BCUT2D eigenvalue weighted by molar-refractivity contribution is 5.87. The molecule has 2 aliphatic rings. The van der Waals surface area contributed by atoms with Crippen molar-refractivity contribution < 1.29 is 14.6 Å². The summed E-state index contributed by atoms with van der Waals surface area (Å²) in [5.74, 6) is -1.07. The monoisotopic (exact) mass is 238 g/mol. The lowest BCUT2D eigenvalue weighted by atomic mass is 9.61. The van der Waals surface area contributed by atoms with Gasteiger partial charge in [0.2, 0.25) is 0 Å². The number of hydrogen-bond acceptors (Lipinski definition) is 3. The van der Waals surface area contributed by atoms with Gasteiger partial charge in [0.1, 0.15) is 5.78 Å². The standard InChI is InChI=1S/C14H22O3/c1-3-11(2)10-13-7-5-9-17-14(13,16)8-4-6-12(13)15/h16H,2-10H2,1H3. The molecule has 1 N–H and O–H groups in total. The van der Waals surface area contributed by atoms with Crippen molar-refractivity contribution in [2.24, 2.45) is 5.41 Å². The molecule has 1 heterocycles. The van der Waals surface area contributed by atoms with Crippen molar-refractivity contribution in [3.63, 3.8) is 0 Å². The van der Waals surface area contributed by atoms with Crippen LogP contribution in [0.15, 0.2) is 12.2 Å². The van der Waals surface area contributed by atoms with Gasteiger partial charge < -0.3 is 9.84 Å². The van der Waals surface area contributed by atoms with E-state index in [0.717, 1.165) is 31.3 Å². The third-order valence-electron chi connectivity index (χ3n) is 4.34. The van der Waals surface area contributed by atoms with Crippen LogP contribution in [0.4, 0.5) is 0 Å². The van der Waals surface area contributed by atoms with Gasteiger partial charge in [-0.1, -0.05) is 19.1 Å². The Morgan fingerprint density at radius 3 is 2.94 bits per heavy atom. The van der Waals surface area contributed by atoms with Gasteiger partial charge in [0, 0.05) is 12.8 Å². The smallest absolute Gasteiger partial charge is 0.178 e. The molecule has 3 heteroatoms. The van der Waals surface area contributed by atoms with E-state index in [1.165, 1.54) is 0 Å². The van der Waals surface area contributed by atoms with Gasteiger partial charge in [-0.2, -0.15) is 0 Å². The fraction of sp³-hybridized carbons (Fsp3) is 0.786. The number of carbonyl (C=O) groups is 1. The average molecular weight is 238 g/mol. The highest BCUT2D eigenvalue weighted by Crippen LogP contribution is 2.52. The number of allylic oxidation sites excluding steroid dienone is 1. The normalized spacial score (nSPS) is 37.6. The second-order valence-corrected chi connectivity index (χ2v) is 5.38. The van der Waals surface area contributed by atoms with Crippen molar-refractivity contribution >= 4 is 5.78 Å². The molecule has 2 atom stereocenters. The molecule has 0 spiro atoms. The lowest BCUT2D eigenvalue weighted by Crippen LogP contribution is -2.60. The van der Waals surface area contributed by atoms with Gasteiger partial charge in [-0.15, -0.1) is 0 Å². The highest BCUT2D eigenvalue weighted by atomic mass is 16.6. The Kier molecular flexibility index (Phi) is 3.41. The van der Waals surface area contributed by atoms with Crippen LogP contribution >= 0.6 is 0 Å². The Morgan fingerprint density at radius 1 is 1.47 bits per heavy atom. The largest absolute Gasteiger partial charge is 0.365 e. The molecule has 1 aliphatic carbocycles. The average Bonchev–Trinajstić information content (AvgIpc) is 2.31. The molecule has 3 nitrogen and oxygen atoms in total. The van der Waals surface area contributed by atoms with Crippen LogP contribution in [0.1, 0.15) is 51.9 Å². The molecule has 0 amide bonds. The van der Waals surface area contributed by atoms with E-state index in [4.69, 9.17) is 4.74 Å². The zero-order valence-electron chi connectivity index (χ0n) is 10.6. The molecule has 1 aliphatic heterocycles. The van der Waals surface area contributed by atoms with E-state index in [0.29, 0.717) is 25.9 Å². The summed E-state index contributed by atoms with van der Waals surface area (Å²) in [5.41, 5.74) is 0.320. The molecule has 0 radical (unpaired) electrons. The Morgan fingerprint density at radius 2 is 2.24 bits per heavy atom. The predicted molar refractivity (Wildman–Crippen MR) is 65.5 cm³/mol. The van der Waals surface area contributed by atoms with Crippen LogP contribution in [-0.4, -0.2) is 23.3 Å². The fourth-order valence-corrected chi connectivity index (χ4v) is 3.22. The summed E-state index contributed by atoms with van der Waals surface area (Å²) < 4.78 is 5.58. The number of aliphatic hydroxyl groups is 1. The summed E-state index contributed by atoms with van der Waals surface area (Å²) >= 11 is 0. The van der Waals surface area contributed by atoms with Gasteiger partial charge in [0.15, 0.2) is 5.79 Å². The number of Topliss-reactive ketones (excluding diaryl/α,β-unsaturated/α-hetero) is 1. The predicted octanol–water partition coefficient (Wildman–Crippen LogP) is 2.58. The van der Waals surface area contributed by atoms with Crippen molar-refractivity contribution in [3.05, 3.63) is 12.2 Å². The van der Waals surface area contributed by atoms with Gasteiger partial charge in [0.05, 0.1) is 12.0 Å². The summed E-state index contributed by atoms with van der Waals surface area (Å²) in [4.78, 5) is 12.3. The number of rotatable bonds is 3. The maximum absolute atomic E-state index is 12.3. The minimum Gasteiger partial charge on any atom is -0.365 e. The maximum Gasteiger partial charge on any atom is 0.178 e. The van der Waals surface area contributed by atoms with E-state index in [1.807, 2.05) is 6.92 Å². The molecule has 2 unspecified atom stereocenters. The molecule has 1 saturated carbocycles. The topological polar surface area (TPSA) is 46.5 Å². The molecular formula is C14H22O3. The summed E-state index contributed by atoms with van der Waals surface area (Å²) in [6.45, 7) is 6.60. The molecule has 17 heavy (non-hydrogen) atoms. The van der Waals surface area contributed by atoms with Gasteiger partial charge in [-0.05, 0) is 32.1 Å². The zero-order valence-corrected chi connectivity index (χ0v) is 10.6. The van der Waals surface area contributed by atoms with Crippen LogP contribution in [0.3, 0.4) is 0 Å². The Labute approximate surface area is 103 Å². The number of carbonyl (C=O) groups excluding carboxylic acids is 1. The van der Waals surface area contributed by atoms with Crippen molar-refractivity contribution in [1.29, 1.82) is 0 Å². The summed E-state index contributed by atoms with van der Waals surface area (Å²) in [5, 5.41) is 10.7. The van der Waals surface area contributed by atoms with Crippen LogP contribution in [0, 0.1) is 5.41 Å². The van der Waals surface area contributed by atoms with E-state index in [2.05, 4.69) is 6.58 Å². The van der Waals surface area contributed by atoms with Gasteiger partial charge in [-0.3, -0.25) is 4.79 Å². The Bertz CT molecular complexity index is 332. The summed E-state index contributed by atoms with van der Waals surface area (Å²) in [6.07, 6.45) is 4.91. The first-order valence-electron chi connectivity index (χ1n) is 6.60. The summed E-state index contributed by atoms with van der Waals surface area (Å²) in [6, 6.07) is 0. The van der Waals surface area contributed by atoms with Gasteiger partial charge in [-0.25, -0.2) is 0 Å². The van der Waals surface area contributed by atoms with E-state index in [9.17, 15) is 9.90 Å². The zero-order chi connectivity index (χ0) is 12.5. The van der Waals surface area contributed by atoms with Gasteiger partial charge >= 0.3 is 0 Å². The van der Waals surface area contributed by atoms with Crippen LogP contribution in [-0.2, 0) is 9.53 Å². The first kappa shape index (κ1) is 12.8. The van der Waals surface area contributed by atoms with Crippen LogP contribution in [0.2, 0.25) is 0 Å². The van der Waals surface area contributed by atoms with Crippen molar-refractivity contribution in [2.45, 2.75) is 57.7 Å². The lowest BCUT2D eigenvalue weighted by Gasteiger charge is -2.51. The van der Waals surface area contributed by atoms with Crippen LogP contribution in [0.25, 0.3) is 0 Å². The third kappa shape index (κ3) is 1.95. The van der Waals surface area contributed by atoms with Crippen molar-refractivity contribution in [1.82, 2.24) is 0 Å². The van der Waals surface area contributed by atoms with E-state index in [1.54, 1.807) is 0 Å². The van der Waals surface area contributed by atoms with E-state index >= 15 is 0 Å². The molecule has 2 rings (SSSR count). The molecule has 0 aromatic carbocycles. The van der Waals surface area contributed by atoms with Crippen LogP contribution in [0.5, 0.6) is 0 Å².